The summed E-state index contributed by atoms with van der Waals surface area (Å²) in [6.45, 7) is 4.98. The summed E-state index contributed by atoms with van der Waals surface area (Å²) in [5.41, 5.74) is 6.60. The van der Waals surface area contributed by atoms with Gasteiger partial charge in [-0.2, -0.15) is 4.31 Å². The molecule has 0 fully saturated rings. The SMILES string of the molecule is CCCN(Cc1ccccc1)S(=O)(=O)C(CC)CN. The molecule has 1 aromatic carbocycles. The first-order valence-electron chi connectivity index (χ1n) is 6.79. The van der Waals surface area contributed by atoms with Crippen LogP contribution in [0.1, 0.15) is 32.3 Å². The van der Waals surface area contributed by atoms with Crippen molar-refractivity contribution in [1.82, 2.24) is 4.31 Å². The van der Waals surface area contributed by atoms with E-state index in [0.29, 0.717) is 19.5 Å². The Morgan fingerprint density at radius 2 is 1.84 bits per heavy atom. The van der Waals surface area contributed by atoms with Crippen molar-refractivity contribution in [1.29, 1.82) is 0 Å². The van der Waals surface area contributed by atoms with Gasteiger partial charge < -0.3 is 5.73 Å². The fourth-order valence-corrected chi connectivity index (χ4v) is 3.89. The van der Waals surface area contributed by atoms with E-state index in [2.05, 4.69) is 0 Å². The van der Waals surface area contributed by atoms with Crippen LogP contribution in [0.2, 0.25) is 0 Å². The highest BCUT2D eigenvalue weighted by Gasteiger charge is 2.29. The second-order valence-electron chi connectivity index (χ2n) is 4.63. The molecule has 0 saturated carbocycles. The normalized spacial score (nSPS) is 13.7. The smallest absolute Gasteiger partial charge is 0.218 e. The zero-order valence-electron chi connectivity index (χ0n) is 11.7. The first-order chi connectivity index (χ1) is 9.06. The number of benzene rings is 1. The van der Waals surface area contributed by atoms with Gasteiger partial charge in [-0.3, -0.25) is 0 Å². The van der Waals surface area contributed by atoms with Crippen molar-refractivity contribution < 1.29 is 8.42 Å². The highest BCUT2D eigenvalue weighted by Crippen LogP contribution is 2.16. The summed E-state index contributed by atoms with van der Waals surface area (Å²) in [5.74, 6) is 0. The average molecular weight is 284 g/mol. The van der Waals surface area contributed by atoms with Gasteiger partial charge >= 0.3 is 0 Å². The molecular weight excluding hydrogens is 260 g/mol. The Morgan fingerprint density at radius 1 is 1.21 bits per heavy atom. The van der Waals surface area contributed by atoms with Crippen LogP contribution in [-0.4, -0.2) is 31.1 Å². The van der Waals surface area contributed by atoms with E-state index in [9.17, 15) is 8.42 Å². The van der Waals surface area contributed by atoms with Crippen molar-refractivity contribution in [3.8, 4) is 0 Å². The van der Waals surface area contributed by atoms with Gasteiger partial charge in [0.2, 0.25) is 10.0 Å². The zero-order chi connectivity index (χ0) is 14.3. The second kappa shape index (κ2) is 7.62. The van der Waals surface area contributed by atoms with Gasteiger partial charge in [-0.05, 0) is 18.4 Å². The molecule has 0 radical (unpaired) electrons. The van der Waals surface area contributed by atoms with Crippen LogP contribution in [0.25, 0.3) is 0 Å². The Hall–Kier alpha value is -0.910. The fraction of sp³-hybridized carbons (Fsp3) is 0.571. The van der Waals surface area contributed by atoms with Crippen LogP contribution in [-0.2, 0) is 16.6 Å². The molecule has 0 spiro atoms. The summed E-state index contributed by atoms with van der Waals surface area (Å²) in [6, 6.07) is 9.67. The molecule has 1 unspecified atom stereocenters. The lowest BCUT2D eigenvalue weighted by Gasteiger charge is -2.26. The van der Waals surface area contributed by atoms with E-state index in [0.717, 1.165) is 12.0 Å². The number of rotatable bonds is 8. The zero-order valence-corrected chi connectivity index (χ0v) is 12.6. The van der Waals surface area contributed by atoms with E-state index in [4.69, 9.17) is 5.73 Å². The molecular formula is C14H24N2O2S. The minimum Gasteiger partial charge on any atom is -0.329 e. The Labute approximate surface area is 116 Å². The molecule has 5 heteroatoms. The van der Waals surface area contributed by atoms with Gasteiger partial charge in [0, 0.05) is 19.6 Å². The first-order valence-corrected chi connectivity index (χ1v) is 8.29. The van der Waals surface area contributed by atoms with Gasteiger partial charge in [-0.15, -0.1) is 0 Å². The van der Waals surface area contributed by atoms with Crippen LogP contribution in [0, 0.1) is 0 Å². The van der Waals surface area contributed by atoms with Crippen molar-refractivity contribution in [3.05, 3.63) is 35.9 Å². The van der Waals surface area contributed by atoms with Crippen molar-refractivity contribution in [2.45, 2.75) is 38.5 Å². The molecule has 19 heavy (non-hydrogen) atoms. The van der Waals surface area contributed by atoms with Gasteiger partial charge in [-0.25, -0.2) is 8.42 Å². The minimum absolute atomic E-state index is 0.174. The summed E-state index contributed by atoms with van der Waals surface area (Å²) in [6.07, 6.45) is 1.35. The molecule has 0 aliphatic rings. The predicted octanol–water partition coefficient (Wildman–Crippen LogP) is 1.97. The van der Waals surface area contributed by atoms with Gasteiger partial charge in [-0.1, -0.05) is 44.2 Å². The molecule has 0 amide bonds. The fourth-order valence-electron chi connectivity index (χ4n) is 2.04. The lowest BCUT2D eigenvalue weighted by molar-refractivity contribution is 0.397. The molecule has 0 bridgehead atoms. The summed E-state index contributed by atoms with van der Waals surface area (Å²) < 4.78 is 26.6. The topological polar surface area (TPSA) is 63.4 Å². The summed E-state index contributed by atoms with van der Waals surface area (Å²) in [4.78, 5) is 0. The van der Waals surface area contributed by atoms with E-state index in [1.165, 1.54) is 0 Å². The Morgan fingerprint density at radius 3 is 2.32 bits per heavy atom. The summed E-state index contributed by atoms with van der Waals surface area (Å²) >= 11 is 0. The Kier molecular flexibility index (Phi) is 6.48. The molecule has 1 rings (SSSR count). The van der Waals surface area contributed by atoms with Crippen LogP contribution in [0.4, 0.5) is 0 Å². The maximum atomic E-state index is 12.5. The largest absolute Gasteiger partial charge is 0.329 e. The maximum absolute atomic E-state index is 12.5. The summed E-state index contributed by atoms with van der Waals surface area (Å²) in [5, 5.41) is -0.484. The van der Waals surface area contributed by atoms with Gasteiger partial charge in [0.05, 0.1) is 5.25 Å². The Bertz CT molecular complexity index is 456. The number of nitrogens with zero attached hydrogens (tertiary/aromatic N) is 1. The van der Waals surface area contributed by atoms with Crippen LogP contribution in [0.5, 0.6) is 0 Å². The van der Waals surface area contributed by atoms with Gasteiger partial charge in [0.15, 0.2) is 0 Å². The van der Waals surface area contributed by atoms with Crippen molar-refractivity contribution >= 4 is 10.0 Å². The number of hydrogen-bond donors (Lipinski definition) is 1. The van der Waals surface area contributed by atoms with Crippen molar-refractivity contribution in [2.75, 3.05) is 13.1 Å². The number of nitrogens with two attached hydrogens (primary N) is 1. The molecule has 0 heterocycles. The average Bonchev–Trinajstić information content (AvgIpc) is 2.40. The van der Waals surface area contributed by atoms with Crippen LogP contribution in [0.3, 0.4) is 0 Å². The molecule has 1 atom stereocenters. The van der Waals surface area contributed by atoms with E-state index < -0.39 is 15.3 Å². The lowest BCUT2D eigenvalue weighted by Crippen LogP contribution is -2.42. The van der Waals surface area contributed by atoms with Crippen molar-refractivity contribution in [3.63, 3.8) is 0 Å². The number of sulfonamides is 1. The third-order valence-corrected chi connectivity index (χ3v) is 5.57. The van der Waals surface area contributed by atoms with Crippen molar-refractivity contribution in [2.24, 2.45) is 5.73 Å². The lowest BCUT2D eigenvalue weighted by atomic mass is 10.2. The molecule has 0 saturated heterocycles. The molecule has 4 nitrogen and oxygen atoms in total. The molecule has 108 valence electrons. The third kappa shape index (κ3) is 4.30. The minimum atomic E-state index is -3.32. The third-order valence-electron chi connectivity index (χ3n) is 3.17. The summed E-state index contributed by atoms with van der Waals surface area (Å²) in [7, 11) is -3.32. The van der Waals surface area contributed by atoms with Crippen LogP contribution >= 0.6 is 0 Å². The van der Waals surface area contributed by atoms with Gasteiger partial charge in [0.25, 0.3) is 0 Å². The molecule has 0 aliphatic carbocycles. The van der Waals surface area contributed by atoms with E-state index >= 15 is 0 Å². The van der Waals surface area contributed by atoms with Crippen LogP contribution < -0.4 is 5.73 Å². The van der Waals surface area contributed by atoms with E-state index in [1.54, 1.807) is 4.31 Å². The quantitative estimate of drug-likeness (QED) is 0.794. The monoisotopic (exact) mass is 284 g/mol. The second-order valence-corrected chi connectivity index (χ2v) is 6.84. The molecule has 0 aromatic heterocycles. The first kappa shape index (κ1) is 16.1. The standard InChI is InChI=1S/C14H24N2O2S/c1-3-10-16(12-13-8-6-5-7-9-13)19(17,18)14(4-2)11-15/h5-9,14H,3-4,10-12,15H2,1-2H3. The van der Waals surface area contributed by atoms with E-state index in [-0.39, 0.29) is 6.54 Å². The molecule has 0 aliphatic heterocycles. The molecule has 2 N–H and O–H groups in total. The van der Waals surface area contributed by atoms with E-state index in [1.807, 2.05) is 44.2 Å². The number of hydrogen-bond acceptors (Lipinski definition) is 3. The molecule has 1 aromatic rings. The highest BCUT2D eigenvalue weighted by molar-refractivity contribution is 7.89. The highest BCUT2D eigenvalue weighted by atomic mass is 32.2. The maximum Gasteiger partial charge on any atom is 0.218 e. The predicted molar refractivity (Wildman–Crippen MR) is 79.2 cm³/mol. The Balaban J connectivity index is 2.94. The van der Waals surface area contributed by atoms with Gasteiger partial charge in [0.1, 0.15) is 0 Å². The van der Waals surface area contributed by atoms with Crippen LogP contribution in [0.15, 0.2) is 30.3 Å².